The van der Waals surface area contributed by atoms with Gasteiger partial charge in [0.1, 0.15) is 0 Å². The normalized spacial score (nSPS) is 20.1. The highest BCUT2D eigenvalue weighted by molar-refractivity contribution is 7.91. The van der Waals surface area contributed by atoms with Crippen LogP contribution in [0.15, 0.2) is 36.5 Å². The number of amides is 1. The van der Waals surface area contributed by atoms with Crippen LogP contribution in [0.25, 0.3) is 10.9 Å². The van der Waals surface area contributed by atoms with Gasteiger partial charge < -0.3 is 4.90 Å². The Labute approximate surface area is 129 Å². The van der Waals surface area contributed by atoms with Gasteiger partial charge in [0, 0.05) is 25.2 Å². The number of pyridine rings is 1. The molecule has 1 atom stereocenters. The summed E-state index contributed by atoms with van der Waals surface area (Å²) in [5.74, 6) is -0.374. The van der Waals surface area contributed by atoms with Crippen LogP contribution >= 0.6 is 0 Å². The maximum absolute atomic E-state index is 12.4. The fourth-order valence-electron chi connectivity index (χ4n) is 2.88. The molecule has 1 amide bonds. The van der Waals surface area contributed by atoms with E-state index < -0.39 is 15.8 Å². The van der Waals surface area contributed by atoms with Crippen molar-refractivity contribution in [2.45, 2.75) is 13.0 Å². The molecule has 2 aromatic rings. The minimum Gasteiger partial charge on any atom is -0.341 e. The van der Waals surface area contributed by atoms with Gasteiger partial charge in [-0.2, -0.15) is 0 Å². The van der Waals surface area contributed by atoms with Crippen LogP contribution in [0, 0.1) is 5.92 Å². The summed E-state index contributed by atoms with van der Waals surface area (Å²) in [6.07, 6.45) is 2.19. The van der Waals surface area contributed by atoms with E-state index >= 15 is 0 Å². The molecule has 0 spiro atoms. The second kappa shape index (κ2) is 5.68. The van der Waals surface area contributed by atoms with E-state index in [9.17, 15) is 13.2 Å². The maximum atomic E-state index is 12.4. The van der Waals surface area contributed by atoms with Gasteiger partial charge in [-0.15, -0.1) is 0 Å². The molecular weight excluding hydrogens is 300 g/mol. The minimum atomic E-state index is -3.03. The highest BCUT2D eigenvalue weighted by Gasteiger charge is 2.34. The van der Waals surface area contributed by atoms with Gasteiger partial charge >= 0.3 is 0 Å². The molecule has 116 valence electrons. The molecule has 1 aromatic carbocycles. The average molecular weight is 318 g/mol. The van der Waals surface area contributed by atoms with E-state index in [0.29, 0.717) is 13.0 Å². The molecule has 1 aliphatic heterocycles. The monoisotopic (exact) mass is 318 g/mol. The van der Waals surface area contributed by atoms with Gasteiger partial charge in [0.2, 0.25) is 5.91 Å². The van der Waals surface area contributed by atoms with E-state index in [1.807, 2.05) is 30.3 Å². The molecule has 0 N–H and O–H groups in total. The number of carbonyl (C=O) groups excluding carboxylic acids is 1. The summed E-state index contributed by atoms with van der Waals surface area (Å²) in [5.41, 5.74) is 1.93. The number of hydrogen-bond acceptors (Lipinski definition) is 4. The lowest BCUT2D eigenvalue weighted by Gasteiger charge is -2.20. The second-order valence-electron chi connectivity index (χ2n) is 5.82. The van der Waals surface area contributed by atoms with Gasteiger partial charge in [-0.3, -0.25) is 9.78 Å². The van der Waals surface area contributed by atoms with E-state index in [4.69, 9.17) is 0 Å². The number of rotatable bonds is 3. The summed E-state index contributed by atoms with van der Waals surface area (Å²) in [6.45, 7) is 0.472. The van der Waals surface area contributed by atoms with Gasteiger partial charge in [0.25, 0.3) is 0 Å². The van der Waals surface area contributed by atoms with E-state index in [0.717, 1.165) is 16.5 Å². The summed E-state index contributed by atoms with van der Waals surface area (Å²) in [4.78, 5) is 18.2. The van der Waals surface area contributed by atoms with Crippen LogP contribution in [0.2, 0.25) is 0 Å². The molecule has 3 rings (SSSR count). The Balaban J connectivity index is 1.72. The highest BCUT2D eigenvalue weighted by atomic mass is 32.2. The van der Waals surface area contributed by atoms with Crippen LogP contribution in [0.4, 0.5) is 0 Å². The van der Waals surface area contributed by atoms with Crippen molar-refractivity contribution >= 4 is 26.6 Å². The van der Waals surface area contributed by atoms with Gasteiger partial charge in [-0.1, -0.05) is 12.1 Å². The summed E-state index contributed by atoms with van der Waals surface area (Å²) < 4.78 is 23.0. The quantitative estimate of drug-likeness (QED) is 0.862. The number of fused-ring (bicyclic) bond motifs is 1. The topological polar surface area (TPSA) is 67.3 Å². The lowest BCUT2D eigenvalue weighted by Crippen LogP contribution is -2.33. The molecule has 22 heavy (non-hydrogen) atoms. The predicted molar refractivity (Wildman–Crippen MR) is 85.0 cm³/mol. The molecule has 5 nitrogen and oxygen atoms in total. The van der Waals surface area contributed by atoms with Crippen molar-refractivity contribution in [2.75, 3.05) is 18.6 Å². The number of nitrogens with zero attached hydrogens (tertiary/aromatic N) is 2. The Morgan fingerprint density at radius 1 is 1.36 bits per heavy atom. The molecular formula is C16H18N2O3S. The Kier molecular flexibility index (Phi) is 3.87. The molecule has 0 saturated carbocycles. The summed E-state index contributed by atoms with van der Waals surface area (Å²) in [6, 6.07) is 9.76. The third kappa shape index (κ3) is 3.11. The summed E-state index contributed by atoms with van der Waals surface area (Å²) >= 11 is 0. The zero-order valence-electron chi connectivity index (χ0n) is 12.4. The van der Waals surface area contributed by atoms with Crippen LogP contribution in [0.5, 0.6) is 0 Å². The van der Waals surface area contributed by atoms with Crippen molar-refractivity contribution in [3.05, 3.63) is 42.1 Å². The Morgan fingerprint density at radius 3 is 2.91 bits per heavy atom. The molecule has 6 heteroatoms. The molecule has 1 aromatic heterocycles. The molecule has 0 aliphatic carbocycles. The molecule has 0 bridgehead atoms. The molecule has 1 aliphatic rings. The fourth-order valence-corrected chi connectivity index (χ4v) is 4.61. The molecule has 0 radical (unpaired) electrons. The number of carbonyl (C=O) groups is 1. The number of hydrogen-bond donors (Lipinski definition) is 0. The largest absolute Gasteiger partial charge is 0.341 e. The predicted octanol–water partition coefficient (Wildman–Crippen LogP) is 1.63. The van der Waals surface area contributed by atoms with Crippen molar-refractivity contribution in [2.24, 2.45) is 5.92 Å². The van der Waals surface area contributed by atoms with Crippen LogP contribution < -0.4 is 0 Å². The van der Waals surface area contributed by atoms with Gasteiger partial charge in [-0.25, -0.2) is 8.42 Å². The van der Waals surface area contributed by atoms with Crippen LogP contribution in [-0.4, -0.2) is 42.8 Å². The smallest absolute Gasteiger partial charge is 0.226 e. The fraction of sp³-hybridized carbons (Fsp3) is 0.375. The van der Waals surface area contributed by atoms with Gasteiger partial charge in [0.05, 0.1) is 22.9 Å². The first-order valence-electron chi connectivity index (χ1n) is 7.24. The number of aromatic nitrogens is 1. The van der Waals surface area contributed by atoms with E-state index in [1.165, 1.54) is 0 Å². The lowest BCUT2D eigenvalue weighted by atomic mass is 10.1. The third-order valence-corrected chi connectivity index (χ3v) is 5.81. The average Bonchev–Trinajstić information content (AvgIpc) is 2.86. The zero-order valence-corrected chi connectivity index (χ0v) is 13.2. The van der Waals surface area contributed by atoms with E-state index in [1.54, 1.807) is 18.1 Å². The summed E-state index contributed by atoms with van der Waals surface area (Å²) in [5, 5.41) is 1.03. The van der Waals surface area contributed by atoms with Crippen molar-refractivity contribution in [1.29, 1.82) is 0 Å². The standard InChI is InChI=1S/C16H18N2O3S/c1-18(16(19)14-6-8-22(20,21)11-14)10-12-4-5-15-13(9-12)3-2-7-17-15/h2-5,7,9,14H,6,8,10-11H2,1H3/t14-/m1/s1. The molecule has 2 heterocycles. The van der Waals surface area contributed by atoms with Crippen LogP contribution in [-0.2, 0) is 21.2 Å². The van der Waals surface area contributed by atoms with Crippen molar-refractivity contribution in [3.63, 3.8) is 0 Å². The van der Waals surface area contributed by atoms with Crippen molar-refractivity contribution in [3.8, 4) is 0 Å². The highest BCUT2D eigenvalue weighted by Crippen LogP contribution is 2.21. The SMILES string of the molecule is CN(Cc1ccc2ncccc2c1)C(=O)[C@@H]1CCS(=O)(=O)C1. The summed E-state index contributed by atoms with van der Waals surface area (Å²) in [7, 11) is -1.31. The Bertz CT molecular complexity index is 817. The first kappa shape index (κ1) is 15.0. The van der Waals surface area contributed by atoms with Gasteiger partial charge in [0.15, 0.2) is 9.84 Å². The third-order valence-electron chi connectivity index (χ3n) is 4.05. The first-order chi connectivity index (χ1) is 10.4. The second-order valence-corrected chi connectivity index (χ2v) is 8.05. The Hall–Kier alpha value is -1.95. The number of benzene rings is 1. The minimum absolute atomic E-state index is 0.0161. The van der Waals surface area contributed by atoms with Crippen molar-refractivity contribution < 1.29 is 13.2 Å². The van der Waals surface area contributed by atoms with Crippen LogP contribution in [0.1, 0.15) is 12.0 Å². The molecule has 0 unspecified atom stereocenters. The first-order valence-corrected chi connectivity index (χ1v) is 9.06. The van der Waals surface area contributed by atoms with Crippen LogP contribution in [0.3, 0.4) is 0 Å². The lowest BCUT2D eigenvalue weighted by molar-refractivity contribution is -0.133. The van der Waals surface area contributed by atoms with Gasteiger partial charge in [-0.05, 0) is 30.2 Å². The zero-order chi connectivity index (χ0) is 15.7. The Morgan fingerprint density at radius 2 is 2.18 bits per heavy atom. The number of sulfone groups is 1. The molecule has 1 fully saturated rings. The van der Waals surface area contributed by atoms with Crippen molar-refractivity contribution in [1.82, 2.24) is 9.88 Å². The maximum Gasteiger partial charge on any atom is 0.226 e. The van der Waals surface area contributed by atoms with E-state index in [-0.39, 0.29) is 17.4 Å². The molecule has 1 saturated heterocycles. The van der Waals surface area contributed by atoms with E-state index in [2.05, 4.69) is 4.98 Å².